The summed E-state index contributed by atoms with van der Waals surface area (Å²) in [5, 5.41) is 20.6. The lowest BCUT2D eigenvalue weighted by molar-refractivity contribution is -0.137. The van der Waals surface area contributed by atoms with Crippen molar-refractivity contribution in [2.75, 3.05) is 7.11 Å². The molecule has 0 spiro atoms. The van der Waals surface area contributed by atoms with Crippen molar-refractivity contribution < 1.29 is 14.6 Å². The molecule has 0 unspecified atom stereocenters. The molecule has 8 heteroatoms. The Bertz CT molecular complexity index is 614. The molecule has 1 heterocycles. The van der Waals surface area contributed by atoms with Crippen molar-refractivity contribution in [3.63, 3.8) is 0 Å². The van der Waals surface area contributed by atoms with E-state index in [1.54, 1.807) is 25.3 Å². The summed E-state index contributed by atoms with van der Waals surface area (Å²) in [6, 6.07) is 5.15. The standard InChI is InChI=1S/C12H13ClN4O3/c1-20-10-5-4-8(13)7-9(10)12-14-15-16-17(12)6-2-3-11(18)19/h4-5,7H,2-3,6H2,1H3,(H,18,19). The zero-order valence-electron chi connectivity index (χ0n) is 10.8. The van der Waals surface area contributed by atoms with Crippen LogP contribution in [0.15, 0.2) is 18.2 Å². The number of aromatic nitrogens is 4. The summed E-state index contributed by atoms with van der Waals surface area (Å²) in [6.45, 7) is 0.407. The van der Waals surface area contributed by atoms with Crippen LogP contribution in [0.25, 0.3) is 11.4 Å². The van der Waals surface area contributed by atoms with Crippen molar-refractivity contribution in [3.8, 4) is 17.1 Å². The van der Waals surface area contributed by atoms with Crippen LogP contribution in [0.3, 0.4) is 0 Å². The van der Waals surface area contributed by atoms with Gasteiger partial charge < -0.3 is 9.84 Å². The Balaban J connectivity index is 2.27. The van der Waals surface area contributed by atoms with Gasteiger partial charge in [0.2, 0.25) is 0 Å². The van der Waals surface area contributed by atoms with E-state index in [-0.39, 0.29) is 6.42 Å². The second-order valence-electron chi connectivity index (χ2n) is 4.07. The number of carboxylic acid groups (broad SMARTS) is 1. The molecule has 1 aromatic heterocycles. The number of hydrogen-bond donors (Lipinski definition) is 1. The topological polar surface area (TPSA) is 90.1 Å². The fourth-order valence-electron chi connectivity index (χ4n) is 1.78. The molecule has 0 bridgehead atoms. The maximum atomic E-state index is 10.5. The second kappa shape index (κ2) is 6.33. The molecule has 0 radical (unpaired) electrons. The van der Waals surface area contributed by atoms with E-state index in [1.165, 1.54) is 4.68 Å². The largest absolute Gasteiger partial charge is 0.496 e. The van der Waals surface area contributed by atoms with Crippen molar-refractivity contribution in [3.05, 3.63) is 23.2 Å². The first-order chi connectivity index (χ1) is 9.61. The third-order valence-electron chi connectivity index (χ3n) is 2.69. The minimum absolute atomic E-state index is 0.0615. The molecule has 106 valence electrons. The molecule has 7 nitrogen and oxygen atoms in total. The van der Waals surface area contributed by atoms with E-state index in [9.17, 15) is 4.79 Å². The number of aliphatic carboxylic acids is 1. The molecule has 1 aromatic carbocycles. The van der Waals surface area contributed by atoms with E-state index in [2.05, 4.69) is 15.5 Å². The zero-order chi connectivity index (χ0) is 14.5. The highest BCUT2D eigenvalue weighted by Gasteiger charge is 2.14. The number of carboxylic acids is 1. The van der Waals surface area contributed by atoms with E-state index in [0.717, 1.165) is 0 Å². The van der Waals surface area contributed by atoms with E-state index >= 15 is 0 Å². The molecule has 2 aromatic rings. The number of rotatable bonds is 6. The zero-order valence-corrected chi connectivity index (χ0v) is 11.5. The van der Waals surface area contributed by atoms with Crippen LogP contribution in [0.5, 0.6) is 5.75 Å². The van der Waals surface area contributed by atoms with Crippen LogP contribution in [0.4, 0.5) is 0 Å². The monoisotopic (exact) mass is 296 g/mol. The van der Waals surface area contributed by atoms with Crippen LogP contribution in [0.1, 0.15) is 12.8 Å². The first-order valence-corrected chi connectivity index (χ1v) is 6.31. The summed E-state index contributed by atoms with van der Waals surface area (Å²) in [4.78, 5) is 10.5. The number of methoxy groups -OCH3 is 1. The number of nitrogens with zero attached hydrogens (tertiary/aromatic N) is 4. The smallest absolute Gasteiger partial charge is 0.303 e. The molecule has 0 aliphatic heterocycles. The number of aryl methyl sites for hydroxylation is 1. The van der Waals surface area contributed by atoms with E-state index in [4.69, 9.17) is 21.4 Å². The minimum atomic E-state index is -0.847. The summed E-state index contributed by atoms with van der Waals surface area (Å²) in [5.74, 6) is 0.249. The SMILES string of the molecule is COc1ccc(Cl)cc1-c1nnnn1CCCC(=O)O. The van der Waals surface area contributed by atoms with Crippen LogP contribution >= 0.6 is 11.6 Å². The van der Waals surface area contributed by atoms with Gasteiger partial charge in [-0.2, -0.15) is 0 Å². The van der Waals surface area contributed by atoms with E-state index in [1.807, 2.05) is 0 Å². The number of carbonyl (C=O) groups is 1. The van der Waals surface area contributed by atoms with Crippen LogP contribution in [-0.4, -0.2) is 38.4 Å². The molecule has 0 aliphatic rings. The van der Waals surface area contributed by atoms with Crippen LogP contribution in [-0.2, 0) is 11.3 Å². The van der Waals surface area contributed by atoms with Crippen LogP contribution < -0.4 is 4.74 Å². The third-order valence-corrected chi connectivity index (χ3v) is 2.93. The second-order valence-corrected chi connectivity index (χ2v) is 4.50. The lowest BCUT2D eigenvalue weighted by Gasteiger charge is -2.08. The summed E-state index contributed by atoms with van der Waals surface area (Å²) < 4.78 is 6.80. The highest BCUT2D eigenvalue weighted by atomic mass is 35.5. The number of benzene rings is 1. The van der Waals surface area contributed by atoms with Gasteiger partial charge in [0.25, 0.3) is 0 Å². The molecular formula is C12H13ClN4O3. The molecule has 2 rings (SSSR count). The summed E-state index contributed by atoms with van der Waals surface area (Å²) >= 11 is 5.98. The van der Waals surface area contributed by atoms with Gasteiger partial charge in [0.1, 0.15) is 5.75 Å². The van der Waals surface area contributed by atoms with E-state index in [0.29, 0.717) is 35.1 Å². The van der Waals surface area contributed by atoms with Gasteiger partial charge in [-0.05, 0) is 35.0 Å². The lowest BCUT2D eigenvalue weighted by atomic mass is 10.2. The molecule has 20 heavy (non-hydrogen) atoms. The quantitative estimate of drug-likeness (QED) is 0.875. The van der Waals surface area contributed by atoms with Crippen LogP contribution in [0, 0.1) is 0 Å². The fraction of sp³-hybridized carbons (Fsp3) is 0.333. The molecule has 0 aliphatic carbocycles. The molecule has 0 saturated carbocycles. The average Bonchev–Trinajstić information content (AvgIpc) is 2.86. The van der Waals surface area contributed by atoms with E-state index < -0.39 is 5.97 Å². The van der Waals surface area contributed by atoms with Gasteiger partial charge in [-0.25, -0.2) is 4.68 Å². The maximum Gasteiger partial charge on any atom is 0.303 e. The molecule has 0 atom stereocenters. The van der Waals surface area contributed by atoms with Crippen molar-refractivity contribution in [2.45, 2.75) is 19.4 Å². The normalized spacial score (nSPS) is 10.5. The van der Waals surface area contributed by atoms with Crippen molar-refractivity contribution >= 4 is 17.6 Å². The summed E-state index contributed by atoms with van der Waals surface area (Å²) in [7, 11) is 1.55. The summed E-state index contributed by atoms with van der Waals surface area (Å²) in [5.41, 5.74) is 0.667. The Morgan fingerprint density at radius 1 is 1.50 bits per heavy atom. The highest BCUT2D eigenvalue weighted by molar-refractivity contribution is 6.30. The van der Waals surface area contributed by atoms with Gasteiger partial charge in [-0.15, -0.1) is 5.10 Å². The first-order valence-electron chi connectivity index (χ1n) is 5.93. The van der Waals surface area contributed by atoms with Gasteiger partial charge in [0, 0.05) is 18.0 Å². The summed E-state index contributed by atoms with van der Waals surface area (Å²) in [6.07, 6.45) is 0.502. The fourth-order valence-corrected chi connectivity index (χ4v) is 1.96. The number of tetrazole rings is 1. The van der Waals surface area contributed by atoms with Gasteiger partial charge in [-0.3, -0.25) is 4.79 Å². The van der Waals surface area contributed by atoms with Crippen LogP contribution in [0.2, 0.25) is 5.02 Å². The Labute approximate surface area is 120 Å². The Hall–Kier alpha value is -2.15. The van der Waals surface area contributed by atoms with Gasteiger partial charge in [-0.1, -0.05) is 11.6 Å². The Morgan fingerprint density at radius 2 is 2.30 bits per heavy atom. The maximum absolute atomic E-state index is 10.5. The molecule has 0 saturated heterocycles. The molecule has 0 fully saturated rings. The van der Waals surface area contributed by atoms with Gasteiger partial charge in [0.05, 0.1) is 12.7 Å². The number of ether oxygens (including phenoxy) is 1. The molecule has 0 amide bonds. The predicted octanol–water partition coefficient (Wildman–Crippen LogP) is 1.87. The first kappa shape index (κ1) is 14.3. The third kappa shape index (κ3) is 3.24. The predicted molar refractivity (Wildman–Crippen MR) is 71.7 cm³/mol. The van der Waals surface area contributed by atoms with Crippen molar-refractivity contribution in [1.29, 1.82) is 0 Å². The average molecular weight is 297 g/mol. The highest BCUT2D eigenvalue weighted by Crippen LogP contribution is 2.30. The van der Waals surface area contributed by atoms with Crippen molar-refractivity contribution in [1.82, 2.24) is 20.2 Å². The van der Waals surface area contributed by atoms with Crippen molar-refractivity contribution in [2.24, 2.45) is 0 Å². The Morgan fingerprint density at radius 3 is 3.00 bits per heavy atom. The molecular weight excluding hydrogens is 284 g/mol. The number of halogens is 1. The Kier molecular flexibility index (Phi) is 4.52. The minimum Gasteiger partial charge on any atom is -0.496 e. The van der Waals surface area contributed by atoms with Gasteiger partial charge in [0.15, 0.2) is 5.82 Å². The lowest BCUT2D eigenvalue weighted by Crippen LogP contribution is -2.06. The molecule has 1 N–H and O–H groups in total. The number of hydrogen-bond acceptors (Lipinski definition) is 5. The van der Waals surface area contributed by atoms with Gasteiger partial charge >= 0.3 is 5.97 Å².